The van der Waals surface area contributed by atoms with Crippen molar-refractivity contribution in [2.45, 2.75) is 90.1 Å². The fourth-order valence-electron chi connectivity index (χ4n) is 3.16. The number of ether oxygens (including phenoxy) is 2. The molecule has 0 N–H and O–H groups in total. The maximum Gasteiger partial charge on any atom is 0.123 e. The highest BCUT2D eigenvalue weighted by atomic mass is 16.6. The van der Waals surface area contributed by atoms with Gasteiger partial charge in [0.2, 0.25) is 0 Å². The van der Waals surface area contributed by atoms with Crippen LogP contribution >= 0.6 is 0 Å². The van der Waals surface area contributed by atoms with E-state index in [0.29, 0.717) is 6.61 Å². The number of rotatable bonds is 15. The van der Waals surface area contributed by atoms with Crippen LogP contribution in [-0.4, -0.2) is 18.8 Å². The van der Waals surface area contributed by atoms with Crippen LogP contribution in [-0.2, 0) is 11.2 Å². The van der Waals surface area contributed by atoms with Crippen LogP contribution in [0.15, 0.2) is 36.4 Å². The maximum atomic E-state index is 5.97. The van der Waals surface area contributed by atoms with Gasteiger partial charge < -0.3 is 9.47 Å². The molecule has 1 aromatic rings. The van der Waals surface area contributed by atoms with Gasteiger partial charge in [-0.25, -0.2) is 0 Å². The Hall–Kier alpha value is -1.28. The first-order valence-corrected chi connectivity index (χ1v) is 10.7. The minimum atomic E-state index is -0.0526. The van der Waals surface area contributed by atoms with Gasteiger partial charge in [-0.15, -0.1) is 0 Å². The fraction of sp³-hybridized carbons (Fsp3) is 0.667. The van der Waals surface area contributed by atoms with Gasteiger partial charge in [-0.05, 0) is 44.2 Å². The summed E-state index contributed by atoms with van der Waals surface area (Å²) in [4.78, 5) is 0. The third kappa shape index (κ3) is 8.89. The second kappa shape index (κ2) is 12.2. The molecular weight excluding hydrogens is 320 g/mol. The topological polar surface area (TPSA) is 21.8 Å². The van der Waals surface area contributed by atoms with Gasteiger partial charge in [0.1, 0.15) is 18.0 Å². The average Bonchev–Trinajstić information content (AvgIpc) is 3.39. The monoisotopic (exact) mass is 358 g/mol. The maximum absolute atomic E-state index is 5.97. The van der Waals surface area contributed by atoms with Gasteiger partial charge in [-0.3, -0.25) is 0 Å². The number of epoxide rings is 1. The minimum Gasteiger partial charge on any atom is -0.490 e. The molecule has 0 spiro atoms. The molecule has 0 amide bonds. The Labute approximate surface area is 161 Å². The van der Waals surface area contributed by atoms with Crippen molar-refractivity contribution < 1.29 is 9.47 Å². The highest BCUT2D eigenvalue weighted by Gasteiger charge is 2.40. The first-order chi connectivity index (χ1) is 12.7. The fourth-order valence-corrected chi connectivity index (χ4v) is 3.16. The summed E-state index contributed by atoms with van der Waals surface area (Å²) < 4.78 is 11.4. The molecule has 0 bridgehead atoms. The van der Waals surface area contributed by atoms with Crippen molar-refractivity contribution in [1.29, 1.82) is 0 Å². The molecule has 26 heavy (non-hydrogen) atoms. The Bertz CT molecular complexity index is 517. The molecule has 146 valence electrons. The zero-order valence-corrected chi connectivity index (χ0v) is 17.0. The van der Waals surface area contributed by atoms with E-state index in [1.54, 1.807) is 0 Å². The highest BCUT2D eigenvalue weighted by Crippen LogP contribution is 2.28. The second-order valence-electron chi connectivity index (χ2n) is 7.91. The quantitative estimate of drug-likeness (QED) is 0.194. The first-order valence-electron chi connectivity index (χ1n) is 10.7. The van der Waals surface area contributed by atoms with E-state index in [2.05, 4.69) is 44.2 Å². The van der Waals surface area contributed by atoms with Crippen LogP contribution in [0.1, 0.15) is 83.6 Å². The summed E-state index contributed by atoms with van der Waals surface area (Å²) in [6, 6.07) is 8.40. The number of para-hydroxylation sites is 1. The Morgan fingerprint density at radius 1 is 0.962 bits per heavy atom. The van der Waals surface area contributed by atoms with Gasteiger partial charge in [-0.2, -0.15) is 0 Å². The van der Waals surface area contributed by atoms with Crippen molar-refractivity contribution in [1.82, 2.24) is 0 Å². The molecule has 1 saturated heterocycles. The molecule has 1 aliphatic rings. The van der Waals surface area contributed by atoms with Crippen molar-refractivity contribution in [3.05, 3.63) is 42.0 Å². The van der Waals surface area contributed by atoms with E-state index >= 15 is 0 Å². The van der Waals surface area contributed by atoms with E-state index in [1.807, 2.05) is 6.07 Å². The molecule has 2 heteroatoms. The smallest absolute Gasteiger partial charge is 0.123 e. The minimum absolute atomic E-state index is 0.0526. The van der Waals surface area contributed by atoms with Crippen LogP contribution in [0.5, 0.6) is 5.75 Å². The van der Waals surface area contributed by atoms with E-state index in [0.717, 1.165) is 25.2 Å². The summed E-state index contributed by atoms with van der Waals surface area (Å²) in [5.41, 5.74) is 1.25. The summed E-state index contributed by atoms with van der Waals surface area (Å²) in [5, 5.41) is 0. The van der Waals surface area contributed by atoms with E-state index in [4.69, 9.17) is 9.47 Å². The van der Waals surface area contributed by atoms with Gasteiger partial charge in [-0.1, -0.05) is 82.2 Å². The van der Waals surface area contributed by atoms with E-state index in [-0.39, 0.29) is 5.60 Å². The van der Waals surface area contributed by atoms with Gasteiger partial charge >= 0.3 is 0 Å². The lowest BCUT2D eigenvalue weighted by Crippen LogP contribution is -2.17. The molecular formula is C24H38O2. The Morgan fingerprint density at radius 3 is 2.35 bits per heavy atom. The molecule has 1 aliphatic heterocycles. The lowest BCUT2D eigenvalue weighted by molar-refractivity contribution is 0.201. The molecule has 0 saturated carbocycles. The van der Waals surface area contributed by atoms with Gasteiger partial charge in [0.15, 0.2) is 0 Å². The van der Waals surface area contributed by atoms with Crippen LogP contribution in [0.2, 0.25) is 0 Å². The summed E-state index contributed by atoms with van der Waals surface area (Å²) in [5.74, 6) is 1.01. The molecule has 1 unspecified atom stereocenters. The largest absolute Gasteiger partial charge is 0.490 e. The molecule has 1 heterocycles. The number of hydrogen-bond donors (Lipinski definition) is 0. The van der Waals surface area contributed by atoms with Crippen LogP contribution < -0.4 is 4.74 Å². The molecule has 0 radical (unpaired) electrons. The third-order valence-corrected chi connectivity index (χ3v) is 5.11. The average molecular weight is 359 g/mol. The Morgan fingerprint density at radius 2 is 1.62 bits per heavy atom. The molecule has 0 aromatic heterocycles. The molecule has 1 atom stereocenters. The molecule has 1 aromatic carbocycles. The predicted octanol–water partition coefficient (Wildman–Crippen LogP) is 6.87. The normalized spacial score (nSPS) is 19.2. The number of aryl methyl sites for hydroxylation is 1. The number of hydrogen-bond acceptors (Lipinski definition) is 2. The van der Waals surface area contributed by atoms with Gasteiger partial charge in [0.25, 0.3) is 0 Å². The zero-order valence-electron chi connectivity index (χ0n) is 17.0. The predicted molar refractivity (Wildman–Crippen MR) is 111 cm³/mol. The Kier molecular flexibility index (Phi) is 9.84. The first kappa shape index (κ1) is 21.0. The molecule has 2 rings (SSSR count). The molecule has 2 nitrogen and oxygen atoms in total. The van der Waals surface area contributed by atoms with Crippen molar-refractivity contribution in [2.24, 2.45) is 0 Å². The van der Waals surface area contributed by atoms with E-state index < -0.39 is 0 Å². The zero-order chi connectivity index (χ0) is 18.5. The number of benzene rings is 1. The van der Waals surface area contributed by atoms with Crippen molar-refractivity contribution >= 4 is 0 Å². The number of allylic oxidation sites excluding steroid dienone is 2. The lowest BCUT2D eigenvalue weighted by atomic mass is 10.1. The van der Waals surface area contributed by atoms with Crippen molar-refractivity contribution in [2.75, 3.05) is 13.2 Å². The van der Waals surface area contributed by atoms with Crippen LogP contribution in [0.4, 0.5) is 0 Å². The standard InChI is InChI=1S/C24H38O2/c1-3-4-5-6-7-8-9-10-11-12-13-14-17-22-18-15-16-19-23(22)25-20-24(2)21-26-24/h12-13,15-16,18-19H,3-11,14,17,20-21H2,1-2H3/b13-12+. The summed E-state index contributed by atoms with van der Waals surface area (Å²) in [6.45, 7) is 5.85. The summed E-state index contributed by atoms with van der Waals surface area (Å²) in [7, 11) is 0. The van der Waals surface area contributed by atoms with E-state index in [9.17, 15) is 0 Å². The Balaban J connectivity index is 1.53. The summed E-state index contributed by atoms with van der Waals surface area (Å²) in [6.07, 6.45) is 19.2. The van der Waals surface area contributed by atoms with Crippen molar-refractivity contribution in [3.8, 4) is 5.75 Å². The van der Waals surface area contributed by atoms with Crippen LogP contribution in [0, 0.1) is 0 Å². The van der Waals surface area contributed by atoms with Crippen molar-refractivity contribution in [3.63, 3.8) is 0 Å². The third-order valence-electron chi connectivity index (χ3n) is 5.11. The second-order valence-corrected chi connectivity index (χ2v) is 7.91. The molecule has 1 fully saturated rings. The van der Waals surface area contributed by atoms with Gasteiger partial charge in [0.05, 0.1) is 6.61 Å². The lowest BCUT2D eigenvalue weighted by Gasteiger charge is -2.12. The number of unbranched alkanes of at least 4 members (excludes halogenated alkanes) is 8. The van der Waals surface area contributed by atoms with Gasteiger partial charge in [0, 0.05) is 0 Å². The van der Waals surface area contributed by atoms with E-state index in [1.165, 1.54) is 63.4 Å². The highest BCUT2D eigenvalue weighted by molar-refractivity contribution is 5.33. The van der Waals surface area contributed by atoms with Crippen LogP contribution in [0.25, 0.3) is 0 Å². The SMILES string of the molecule is CCCCCCCCCC/C=C/CCc1ccccc1OCC1(C)CO1. The molecule has 0 aliphatic carbocycles. The van der Waals surface area contributed by atoms with Crippen LogP contribution in [0.3, 0.4) is 0 Å². The summed E-state index contributed by atoms with van der Waals surface area (Å²) >= 11 is 0.